The van der Waals surface area contributed by atoms with Gasteiger partial charge in [0.15, 0.2) is 0 Å². The minimum Gasteiger partial charge on any atom is -0.446 e. The number of carbonyl (C=O) groups is 3. The van der Waals surface area contributed by atoms with Crippen LogP contribution in [-0.2, 0) is 19.1 Å². The summed E-state index contributed by atoms with van der Waals surface area (Å²) in [4.78, 5) is 41.8. The Balaban J connectivity index is 1.65. The number of amides is 2. The molecule has 9 heteroatoms. The first-order valence-electron chi connectivity index (χ1n) is 12.1. The van der Waals surface area contributed by atoms with Crippen molar-refractivity contribution in [2.75, 3.05) is 26.7 Å². The normalized spacial score (nSPS) is 27.9. The maximum Gasteiger partial charge on any atom is 0.410 e. The Morgan fingerprint density at radius 2 is 1.91 bits per heavy atom. The SMILES string of the molecule is CN1CCC(OC(=O)N2CC(OC(C)(C)C)CC2C(=O)NC(C#N)CC2CCCC2=O)CC1. The van der Waals surface area contributed by atoms with Crippen molar-refractivity contribution in [2.24, 2.45) is 5.92 Å². The van der Waals surface area contributed by atoms with Crippen LogP contribution in [-0.4, -0.2) is 84.2 Å². The fourth-order valence-corrected chi connectivity index (χ4v) is 4.98. The van der Waals surface area contributed by atoms with Crippen molar-refractivity contribution in [3.8, 4) is 6.07 Å². The van der Waals surface area contributed by atoms with Gasteiger partial charge in [0.2, 0.25) is 5.91 Å². The van der Waals surface area contributed by atoms with Gasteiger partial charge in [0, 0.05) is 31.8 Å². The van der Waals surface area contributed by atoms with Crippen LogP contribution in [0, 0.1) is 17.2 Å². The number of likely N-dealkylation sites (tertiary alicyclic amines) is 2. The summed E-state index contributed by atoms with van der Waals surface area (Å²) in [6.45, 7) is 7.80. The zero-order valence-corrected chi connectivity index (χ0v) is 20.3. The van der Waals surface area contributed by atoms with E-state index in [1.807, 2.05) is 27.8 Å². The highest BCUT2D eigenvalue weighted by atomic mass is 16.6. The van der Waals surface area contributed by atoms with E-state index >= 15 is 0 Å². The molecule has 0 radical (unpaired) electrons. The van der Waals surface area contributed by atoms with Crippen molar-refractivity contribution in [1.29, 1.82) is 5.26 Å². The minimum absolute atomic E-state index is 0.160. The van der Waals surface area contributed by atoms with Gasteiger partial charge in [0.25, 0.3) is 0 Å². The molecule has 0 aromatic rings. The first-order valence-corrected chi connectivity index (χ1v) is 12.1. The summed E-state index contributed by atoms with van der Waals surface area (Å²) in [5.74, 6) is -0.416. The number of nitriles is 1. The van der Waals surface area contributed by atoms with Crippen LogP contribution < -0.4 is 5.32 Å². The van der Waals surface area contributed by atoms with Crippen LogP contribution in [0.15, 0.2) is 0 Å². The van der Waals surface area contributed by atoms with Crippen molar-refractivity contribution in [3.63, 3.8) is 0 Å². The Kier molecular flexibility index (Phi) is 8.35. The molecule has 0 bridgehead atoms. The topological polar surface area (TPSA) is 112 Å². The lowest BCUT2D eigenvalue weighted by Gasteiger charge is -2.31. The molecular weight excluding hydrogens is 424 g/mol. The van der Waals surface area contributed by atoms with Crippen LogP contribution in [0.25, 0.3) is 0 Å². The van der Waals surface area contributed by atoms with E-state index in [1.165, 1.54) is 4.90 Å². The third-order valence-electron chi connectivity index (χ3n) is 6.68. The van der Waals surface area contributed by atoms with Crippen molar-refractivity contribution < 1.29 is 23.9 Å². The van der Waals surface area contributed by atoms with Crippen LogP contribution in [0.1, 0.15) is 65.7 Å². The second-order valence-corrected chi connectivity index (χ2v) is 10.6. The van der Waals surface area contributed by atoms with Crippen molar-refractivity contribution in [1.82, 2.24) is 15.1 Å². The van der Waals surface area contributed by atoms with Crippen molar-refractivity contribution in [2.45, 2.75) is 95.6 Å². The molecule has 3 rings (SSSR count). The predicted molar refractivity (Wildman–Crippen MR) is 121 cm³/mol. The number of piperidine rings is 1. The zero-order valence-electron chi connectivity index (χ0n) is 20.3. The number of nitrogens with one attached hydrogen (secondary N) is 1. The molecule has 3 fully saturated rings. The average molecular weight is 463 g/mol. The Morgan fingerprint density at radius 1 is 1.21 bits per heavy atom. The molecule has 4 atom stereocenters. The van der Waals surface area contributed by atoms with E-state index in [-0.39, 0.29) is 30.5 Å². The Morgan fingerprint density at radius 3 is 2.48 bits per heavy atom. The molecule has 1 N–H and O–H groups in total. The number of carbonyl (C=O) groups excluding carboxylic acids is 3. The maximum atomic E-state index is 13.2. The molecule has 0 spiro atoms. The number of hydrogen-bond acceptors (Lipinski definition) is 7. The molecule has 9 nitrogen and oxygen atoms in total. The highest BCUT2D eigenvalue weighted by molar-refractivity contribution is 5.87. The molecule has 2 amide bonds. The fourth-order valence-electron chi connectivity index (χ4n) is 4.98. The summed E-state index contributed by atoms with van der Waals surface area (Å²) in [7, 11) is 2.04. The number of Topliss-reactive ketones (excluding diaryl/α,β-unsaturated/α-hetero) is 1. The van der Waals surface area contributed by atoms with Crippen LogP contribution in [0.5, 0.6) is 0 Å². The summed E-state index contributed by atoms with van der Waals surface area (Å²) in [5.41, 5.74) is -0.419. The molecule has 1 saturated carbocycles. The second kappa shape index (κ2) is 10.8. The molecule has 1 aliphatic carbocycles. The van der Waals surface area contributed by atoms with E-state index < -0.39 is 29.7 Å². The molecule has 2 saturated heterocycles. The van der Waals surface area contributed by atoms with Gasteiger partial charge in [-0.15, -0.1) is 0 Å². The number of ether oxygens (including phenoxy) is 2. The van der Waals surface area contributed by atoms with Crippen LogP contribution in [0.4, 0.5) is 4.79 Å². The van der Waals surface area contributed by atoms with E-state index in [4.69, 9.17) is 9.47 Å². The molecular formula is C24H38N4O5. The standard InChI is InChI=1S/C24H38N4O5/c1-24(2,3)33-19-13-20(22(30)26-17(14-25)12-16-6-5-7-21(16)29)28(15-19)23(31)32-18-8-10-27(4)11-9-18/h16-20H,5-13,15H2,1-4H3,(H,26,30). The number of rotatable bonds is 6. The minimum atomic E-state index is -0.772. The molecule has 0 aromatic carbocycles. The molecule has 3 aliphatic rings. The zero-order chi connectivity index (χ0) is 24.2. The average Bonchev–Trinajstić information content (AvgIpc) is 3.34. The summed E-state index contributed by atoms with van der Waals surface area (Å²) >= 11 is 0. The van der Waals surface area contributed by atoms with Crippen LogP contribution in [0.3, 0.4) is 0 Å². The molecule has 184 valence electrons. The maximum absolute atomic E-state index is 13.2. The third-order valence-corrected chi connectivity index (χ3v) is 6.68. The summed E-state index contributed by atoms with van der Waals surface area (Å²) < 4.78 is 11.8. The molecule has 33 heavy (non-hydrogen) atoms. The highest BCUT2D eigenvalue weighted by Gasteiger charge is 2.43. The summed E-state index contributed by atoms with van der Waals surface area (Å²) in [6.07, 6.45) is 3.34. The number of ketones is 1. The number of nitrogens with zero attached hydrogens (tertiary/aromatic N) is 3. The lowest BCUT2D eigenvalue weighted by molar-refractivity contribution is -0.126. The first-order chi connectivity index (χ1) is 15.6. The third kappa shape index (κ3) is 7.15. The Labute approximate surface area is 196 Å². The van der Waals surface area contributed by atoms with Gasteiger partial charge in [0.1, 0.15) is 24.0 Å². The van der Waals surface area contributed by atoms with Gasteiger partial charge in [-0.25, -0.2) is 4.79 Å². The lowest BCUT2D eigenvalue weighted by atomic mass is 9.98. The van der Waals surface area contributed by atoms with Gasteiger partial charge in [0.05, 0.1) is 24.3 Å². The van der Waals surface area contributed by atoms with Gasteiger partial charge < -0.3 is 19.7 Å². The summed E-state index contributed by atoms with van der Waals surface area (Å²) in [6, 6.07) is 0.576. The van der Waals surface area contributed by atoms with Gasteiger partial charge in [-0.3, -0.25) is 14.5 Å². The first kappa shape index (κ1) is 25.4. The Hall–Kier alpha value is -2.18. The second-order valence-electron chi connectivity index (χ2n) is 10.6. The van der Waals surface area contributed by atoms with Crippen LogP contribution in [0.2, 0.25) is 0 Å². The lowest BCUT2D eigenvalue weighted by Crippen LogP contribution is -2.50. The van der Waals surface area contributed by atoms with Crippen molar-refractivity contribution in [3.05, 3.63) is 0 Å². The smallest absolute Gasteiger partial charge is 0.410 e. The van der Waals surface area contributed by atoms with E-state index in [1.54, 1.807) is 0 Å². The van der Waals surface area contributed by atoms with E-state index in [0.29, 0.717) is 19.3 Å². The van der Waals surface area contributed by atoms with E-state index in [9.17, 15) is 19.6 Å². The van der Waals surface area contributed by atoms with Crippen LogP contribution >= 0.6 is 0 Å². The monoisotopic (exact) mass is 462 g/mol. The summed E-state index contributed by atoms with van der Waals surface area (Å²) in [5, 5.41) is 12.3. The van der Waals surface area contributed by atoms with E-state index in [0.717, 1.165) is 38.8 Å². The van der Waals surface area contributed by atoms with Gasteiger partial charge in [-0.1, -0.05) is 0 Å². The molecule has 4 unspecified atom stereocenters. The Bertz CT molecular complexity index is 766. The van der Waals surface area contributed by atoms with Gasteiger partial charge >= 0.3 is 6.09 Å². The molecule has 2 aliphatic heterocycles. The largest absolute Gasteiger partial charge is 0.446 e. The molecule has 0 aromatic heterocycles. The fraction of sp³-hybridized carbons (Fsp3) is 0.833. The quantitative estimate of drug-likeness (QED) is 0.644. The van der Waals surface area contributed by atoms with Gasteiger partial charge in [-0.2, -0.15) is 5.26 Å². The van der Waals surface area contributed by atoms with Crippen molar-refractivity contribution >= 4 is 17.8 Å². The predicted octanol–water partition coefficient (Wildman–Crippen LogP) is 2.24. The molecule has 2 heterocycles. The number of hydrogen-bond donors (Lipinski definition) is 1. The van der Waals surface area contributed by atoms with Gasteiger partial charge in [-0.05, 0) is 59.9 Å². The highest BCUT2D eigenvalue weighted by Crippen LogP contribution is 2.28. The van der Waals surface area contributed by atoms with E-state index in [2.05, 4.69) is 16.3 Å².